The largest absolute Gasteiger partial charge is 0.494 e. The molecule has 0 aromatic heterocycles. The predicted molar refractivity (Wildman–Crippen MR) is 73.2 cm³/mol. The van der Waals surface area contributed by atoms with Crippen molar-refractivity contribution in [3.05, 3.63) is 42.5 Å². The molecule has 1 aromatic carbocycles. The summed E-state index contributed by atoms with van der Waals surface area (Å²) in [5.41, 5.74) is 6.93. The first-order valence-corrected chi connectivity index (χ1v) is 6.33. The zero-order valence-corrected chi connectivity index (χ0v) is 10.7. The lowest BCUT2D eigenvalue weighted by atomic mass is 10.1. The van der Waals surface area contributed by atoms with Crippen LogP contribution in [-0.2, 0) is 0 Å². The standard InChI is InChI=1S/C15H23NO/c1-3-4-5-6-7-12-17-15-10-8-14(9-11-15)13(2)16/h3,8-11,13H,1,4-7,12,16H2,2H3/t13-/m0/s1. The molecular formula is C15H23NO. The van der Waals surface area contributed by atoms with Gasteiger partial charge in [0.25, 0.3) is 0 Å². The molecule has 2 nitrogen and oxygen atoms in total. The molecule has 0 radical (unpaired) electrons. The van der Waals surface area contributed by atoms with Crippen molar-refractivity contribution in [1.82, 2.24) is 0 Å². The number of unbranched alkanes of at least 4 members (excludes halogenated alkanes) is 3. The minimum atomic E-state index is 0.0861. The van der Waals surface area contributed by atoms with Crippen LogP contribution in [0.15, 0.2) is 36.9 Å². The summed E-state index contributed by atoms with van der Waals surface area (Å²) in [6.07, 6.45) is 6.57. The SMILES string of the molecule is C=CCCCCCOc1ccc([C@H](C)N)cc1. The van der Waals surface area contributed by atoms with E-state index in [0.717, 1.165) is 30.8 Å². The molecule has 0 spiro atoms. The Kier molecular flexibility index (Phi) is 6.41. The molecule has 0 aliphatic rings. The van der Waals surface area contributed by atoms with Crippen molar-refractivity contribution in [2.24, 2.45) is 5.73 Å². The van der Waals surface area contributed by atoms with Crippen LogP contribution in [0.2, 0.25) is 0 Å². The third-order valence-electron chi connectivity index (χ3n) is 2.73. The number of allylic oxidation sites excluding steroid dienone is 1. The molecule has 1 atom stereocenters. The Balaban J connectivity index is 2.21. The van der Waals surface area contributed by atoms with Crippen LogP contribution in [0.4, 0.5) is 0 Å². The molecule has 94 valence electrons. The van der Waals surface area contributed by atoms with Crippen LogP contribution in [0.1, 0.15) is 44.2 Å². The van der Waals surface area contributed by atoms with Crippen LogP contribution < -0.4 is 10.5 Å². The van der Waals surface area contributed by atoms with Crippen molar-refractivity contribution >= 4 is 0 Å². The van der Waals surface area contributed by atoms with E-state index in [-0.39, 0.29) is 6.04 Å². The first-order valence-electron chi connectivity index (χ1n) is 6.33. The molecule has 0 aliphatic heterocycles. The van der Waals surface area contributed by atoms with E-state index in [1.165, 1.54) is 12.8 Å². The molecule has 0 fully saturated rings. The summed E-state index contributed by atoms with van der Waals surface area (Å²) < 4.78 is 5.65. The number of rotatable bonds is 8. The van der Waals surface area contributed by atoms with Gasteiger partial charge in [-0.1, -0.05) is 18.2 Å². The van der Waals surface area contributed by atoms with Crippen molar-refractivity contribution < 1.29 is 4.74 Å². The van der Waals surface area contributed by atoms with E-state index in [1.54, 1.807) is 0 Å². The number of nitrogens with two attached hydrogens (primary N) is 1. The van der Waals surface area contributed by atoms with E-state index in [9.17, 15) is 0 Å². The summed E-state index contributed by atoms with van der Waals surface area (Å²) in [4.78, 5) is 0. The third-order valence-corrected chi connectivity index (χ3v) is 2.73. The van der Waals surface area contributed by atoms with Crippen LogP contribution in [0.25, 0.3) is 0 Å². The maximum atomic E-state index is 5.78. The van der Waals surface area contributed by atoms with Gasteiger partial charge >= 0.3 is 0 Å². The van der Waals surface area contributed by atoms with E-state index in [1.807, 2.05) is 37.3 Å². The monoisotopic (exact) mass is 233 g/mol. The van der Waals surface area contributed by atoms with Gasteiger partial charge in [-0.15, -0.1) is 6.58 Å². The summed E-state index contributed by atoms with van der Waals surface area (Å²) in [7, 11) is 0. The minimum absolute atomic E-state index is 0.0861. The quantitative estimate of drug-likeness (QED) is 0.547. The molecule has 17 heavy (non-hydrogen) atoms. The highest BCUT2D eigenvalue weighted by molar-refractivity contribution is 5.28. The second-order valence-corrected chi connectivity index (χ2v) is 4.34. The average Bonchev–Trinajstić information content (AvgIpc) is 2.34. The van der Waals surface area contributed by atoms with E-state index < -0.39 is 0 Å². The lowest BCUT2D eigenvalue weighted by Crippen LogP contribution is -2.04. The second kappa shape index (κ2) is 7.91. The molecular weight excluding hydrogens is 210 g/mol. The highest BCUT2D eigenvalue weighted by Crippen LogP contribution is 2.16. The molecule has 0 unspecified atom stereocenters. The van der Waals surface area contributed by atoms with Gasteiger partial charge in [-0.25, -0.2) is 0 Å². The van der Waals surface area contributed by atoms with Crippen molar-refractivity contribution in [3.8, 4) is 5.75 Å². The Bertz CT molecular complexity index is 316. The van der Waals surface area contributed by atoms with Crippen molar-refractivity contribution in [3.63, 3.8) is 0 Å². The van der Waals surface area contributed by atoms with Gasteiger partial charge in [-0.2, -0.15) is 0 Å². The first kappa shape index (κ1) is 13.8. The zero-order valence-electron chi connectivity index (χ0n) is 10.7. The Hall–Kier alpha value is -1.28. The maximum absolute atomic E-state index is 5.78. The molecule has 0 aliphatic carbocycles. The molecule has 2 heteroatoms. The third kappa shape index (κ3) is 5.55. The van der Waals surface area contributed by atoms with Crippen LogP contribution in [0, 0.1) is 0 Å². The van der Waals surface area contributed by atoms with Gasteiger partial charge in [0.05, 0.1) is 6.61 Å². The van der Waals surface area contributed by atoms with Crippen molar-refractivity contribution in [1.29, 1.82) is 0 Å². The molecule has 2 N–H and O–H groups in total. The van der Waals surface area contributed by atoms with Crippen molar-refractivity contribution in [2.75, 3.05) is 6.61 Å². The number of hydrogen-bond acceptors (Lipinski definition) is 2. The number of hydrogen-bond donors (Lipinski definition) is 1. The van der Waals surface area contributed by atoms with Crippen LogP contribution >= 0.6 is 0 Å². The summed E-state index contributed by atoms with van der Waals surface area (Å²) in [6, 6.07) is 8.11. The number of ether oxygens (including phenoxy) is 1. The molecule has 0 saturated carbocycles. The summed E-state index contributed by atoms with van der Waals surface area (Å²) in [5, 5.41) is 0. The van der Waals surface area contributed by atoms with Gasteiger partial charge in [0.1, 0.15) is 5.75 Å². The van der Waals surface area contributed by atoms with E-state index in [0.29, 0.717) is 0 Å². The normalized spacial score (nSPS) is 12.1. The highest BCUT2D eigenvalue weighted by Gasteiger charge is 1.99. The van der Waals surface area contributed by atoms with Gasteiger partial charge in [0, 0.05) is 6.04 Å². The highest BCUT2D eigenvalue weighted by atomic mass is 16.5. The van der Waals surface area contributed by atoms with Crippen LogP contribution in [0.5, 0.6) is 5.75 Å². The minimum Gasteiger partial charge on any atom is -0.494 e. The molecule has 0 heterocycles. The fraction of sp³-hybridized carbons (Fsp3) is 0.467. The molecule has 0 bridgehead atoms. The predicted octanol–water partition coefficient (Wildman–Crippen LogP) is 3.83. The smallest absolute Gasteiger partial charge is 0.119 e. The topological polar surface area (TPSA) is 35.2 Å². The molecule has 1 rings (SSSR count). The molecule has 0 saturated heterocycles. The summed E-state index contributed by atoms with van der Waals surface area (Å²) in [5.74, 6) is 0.929. The van der Waals surface area contributed by atoms with Crippen LogP contribution in [0.3, 0.4) is 0 Å². The fourth-order valence-electron chi connectivity index (χ4n) is 1.63. The van der Waals surface area contributed by atoms with Gasteiger partial charge < -0.3 is 10.5 Å². The Labute approximate surface area is 104 Å². The molecule has 0 amide bonds. The first-order chi connectivity index (χ1) is 8.24. The zero-order chi connectivity index (χ0) is 12.5. The summed E-state index contributed by atoms with van der Waals surface area (Å²) >= 11 is 0. The fourth-order valence-corrected chi connectivity index (χ4v) is 1.63. The average molecular weight is 233 g/mol. The van der Waals surface area contributed by atoms with Gasteiger partial charge in [0.15, 0.2) is 0 Å². The lowest BCUT2D eigenvalue weighted by molar-refractivity contribution is 0.305. The Morgan fingerprint density at radius 3 is 2.53 bits per heavy atom. The van der Waals surface area contributed by atoms with E-state index in [4.69, 9.17) is 10.5 Å². The van der Waals surface area contributed by atoms with E-state index >= 15 is 0 Å². The van der Waals surface area contributed by atoms with E-state index in [2.05, 4.69) is 6.58 Å². The van der Waals surface area contributed by atoms with Gasteiger partial charge in [-0.3, -0.25) is 0 Å². The summed E-state index contributed by atoms with van der Waals surface area (Å²) in [6.45, 7) is 6.47. The van der Waals surface area contributed by atoms with Gasteiger partial charge in [0.2, 0.25) is 0 Å². The van der Waals surface area contributed by atoms with Crippen LogP contribution in [-0.4, -0.2) is 6.61 Å². The maximum Gasteiger partial charge on any atom is 0.119 e. The van der Waals surface area contributed by atoms with Crippen molar-refractivity contribution in [2.45, 2.75) is 38.6 Å². The second-order valence-electron chi connectivity index (χ2n) is 4.34. The molecule has 1 aromatic rings. The Morgan fingerprint density at radius 1 is 1.24 bits per heavy atom. The van der Waals surface area contributed by atoms with Gasteiger partial charge in [-0.05, 0) is 50.3 Å². The number of benzene rings is 1. The Morgan fingerprint density at radius 2 is 1.94 bits per heavy atom. The lowest BCUT2D eigenvalue weighted by Gasteiger charge is -2.08.